The van der Waals surface area contributed by atoms with E-state index in [9.17, 15) is 4.79 Å². The summed E-state index contributed by atoms with van der Waals surface area (Å²) in [6.45, 7) is 8.25. The van der Waals surface area contributed by atoms with Crippen molar-refractivity contribution in [3.8, 4) is 0 Å². The van der Waals surface area contributed by atoms with E-state index >= 15 is 0 Å². The lowest BCUT2D eigenvalue weighted by atomic mass is 10.2. The molecule has 144 valence electrons. The van der Waals surface area contributed by atoms with Crippen molar-refractivity contribution in [3.63, 3.8) is 0 Å². The number of anilines is 4. The molecule has 5 nitrogen and oxygen atoms in total. The standard InChI is InChI=1S/C23H26N4O/c1-4-27(5-2)21-11-9-18(10-12-21)25-20-13-14-24-22(16-20)23(28)26-19-8-6-7-17(3)15-19/h6-16H,4-5H2,1-3H3,(H,24,25)(H,26,28). The number of carbonyl (C=O) groups is 1. The molecule has 28 heavy (non-hydrogen) atoms. The second-order valence-electron chi connectivity index (χ2n) is 6.60. The lowest BCUT2D eigenvalue weighted by Gasteiger charge is -2.21. The molecule has 0 saturated heterocycles. The van der Waals surface area contributed by atoms with E-state index in [0.717, 1.165) is 35.7 Å². The van der Waals surface area contributed by atoms with Crippen LogP contribution in [0.4, 0.5) is 22.7 Å². The summed E-state index contributed by atoms with van der Waals surface area (Å²) in [6, 6.07) is 19.6. The number of pyridine rings is 1. The minimum atomic E-state index is -0.230. The molecule has 0 atom stereocenters. The van der Waals surface area contributed by atoms with E-state index < -0.39 is 0 Å². The lowest BCUT2D eigenvalue weighted by Crippen LogP contribution is -2.21. The summed E-state index contributed by atoms with van der Waals surface area (Å²) in [5.74, 6) is -0.230. The number of carbonyl (C=O) groups excluding carboxylic acids is 1. The maximum Gasteiger partial charge on any atom is 0.274 e. The van der Waals surface area contributed by atoms with Crippen molar-refractivity contribution in [2.45, 2.75) is 20.8 Å². The van der Waals surface area contributed by atoms with Gasteiger partial charge in [0.15, 0.2) is 0 Å². The van der Waals surface area contributed by atoms with Crippen LogP contribution in [0.5, 0.6) is 0 Å². The number of aromatic nitrogens is 1. The smallest absolute Gasteiger partial charge is 0.274 e. The molecule has 1 heterocycles. The number of hydrogen-bond donors (Lipinski definition) is 2. The van der Waals surface area contributed by atoms with Crippen LogP contribution in [0.1, 0.15) is 29.9 Å². The Balaban J connectivity index is 1.70. The first kappa shape index (κ1) is 19.4. The molecule has 1 aromatic heterocycles. The Morgan fingerprint density at radius 2 is 1.68 bits per heavy atom. The van der Waals surface area contributed by atoms with Gasteiger partial charge in [-0.15, -0.1) is 0 Å². The fraction of sp³-hybridized carbons (Fsp3) is 0.217. The van der Waals surface area contributed by atoms with Gasteiger partial charge in [0.25, 0.3) is 5.91 Å². The van der Waals surface area contributed by atoms with Crippen molar-refractivity contribution < 1.29 is 4.79 Å². The van der Waals surface area contributed by atoms with Crippen molar-refractivity contribution in [1.29, 1.82) is 0 Å². The van der Waals surface area contributed by atoms with Crippen LogP contribution >= 0.6 is 0 Å². The quantitative estimate of drug-likeness (QED) is 0.594. The molecule has 2 aromatic carbocycles. The predicted molar refractivity (Wildman–Crippen MR) is 117 cm³/mol. The zero-order valence-corrected chi connectivity index (χ0v) is 16.6. The average Bonchev–Trinajstić information content (AvgIpc) is 2.70. The molecule has 3 rings (SSSR count). The summed E-state index contributed by atoms with van der Waals surface area (Å²) in [7, 11) is 0. The number of aryl methyl sites for hydroxylation is 1. The Morgan fingerprint density at radius 3 is 2.36 bits per heavy atom. The van der Waals surface area contributed by atoms with Gasteiger partial charge in [0.2, 0.25) is 0 Å². The molecule has 0 saturated carbocycles. The first-order valence-electron chi connectivity index (χ1n) is 9.55. The van der Waals surface area contributed by atoms with E-state index in [1.54, 1.807) is 12.3 Å². The number of amides is 1. The van der Waals surface area contributed by atoms with Crippen LogP contribution in [0.2, 0.25) is 0 Å². The van der Waals surface area contributed by atoms with Gasteiger partial charge in [-0.25, -0.2) is 0 Å². The summed E-state index contributed by atoms with van der Waals surface area (Å²) in [4.78, 5) is 19.0. The van der Waals surface area contributed by atoms with E-state index in [0.29, 0.717) is 5.69 Å². The van der Waals surface area contributed by atoms with Crippen LogP contribution in [0.25, 0.3) is 0 Å². The molecule has 3 aromatic rings. The van der Waals surface area contributed by atoms with Crippen molar-refractivity contribution in [2.24, 2.45) is 0 Å². The summed E-state index contributed by atoms with van der Waals surface area (Å²) < 4.78 is 0. The molecule has 1 amide bonds. The van der Waals surface area contributed by atoms with Gasteiger partial charge in [0, 0.05) is 42.0 Å². The molecular weight excluding hydrogens is 348 g/mol. The zero-order valence-electron chi connectivity index (χ0n) is 16.6. The largest absolute Gasteiger partial charge is 0.372 e. The summed E-state index contributed by atoms with van der Waals surface area (Å²) in [6.07, 6.45) is 1.64. The van der Waals surface area contributed by atoms with Crippen LogP contribution in [-0.4, -0.2) is 24.0 Å². The summed E-state index contributed by atoms with van der Waals surface area (Å²) in [5, 5.41) is 6.22. The Bertz CT molecular complexity index is 933. The Hall–Kier alpha value is -3.34. The highest BCUT2D eigenvalue weighted by Crippen LogP contribution is 2.21. The van der Waals surface area contributed by atoms with Crippen LogP contribution in [0, 0.1) is 6.92 Å². The highest BCUT2D eigenvalue weighted by atomic mass is 16.1. The Morgan fingerprint density at radius 1 is 0.929 bits per heavy atom. The first-order chi connectivity index (χ1) is 13.6. The Labute approximate surface area is 166 Å². The van der Waals surface area contributed by atoms with E-state index in [1.807, 2.05) is 49.4 Å². The molecule has 0 radical (unpaired) electrons. The monoisotopic (exact) mass is 374 g/mol. The van der Waals surface area contributed by atoms with Gasteiger partial charge in [0.1, 0.15) is 5.69 Å². The third-order valence-electron chi connectivity index (χ3n) is 4.55. The molecule has 0 unspecified atom stereocenters. The average molecular weight is 374 g/mol. The molecule has 0 aliphatic heterocycles. The van der Waals surface area contributed by atoms with Crippen LogP contribution in [-0.2, 0) is 0 Å². The third kappa shape index (κ3) is 4.88. The van der Waals surface area contributed by atoms with Crippen LogP contribution in [0.15, 0.2) is 66.9 Å². The van der Waals surface area contributed by atoms with Gasteiger partial charge in [-0.3, -0.25) is 9.78 Å². The molecule has 5 heteroatoms. The third-order valence-corrected chi connectivity index (χ3v) is 4.55. The zero-order chi connectivity index (χ0) is 19.9. The SMILES string of the molecule is CCN(CC)c1ccc(Nc2ccnc(C(=O)Nc3cccc(C)c3)c2)cc1. The van der Waals surface area contributed by atoms with Gasteiger partial charge in [-0.2, -0.15) is 0 Å². The molecule has 2 N–H and O–H groups in total. The molecule has 0 aliphatic rings. The van der Waals surface area contributed by atoms with Gasteiger partial charge < -0.3 is 15.5 Å². The maximum absolute atomic E-state index is 12.5. The fourth-order valence-corrected chi connectivity index (χ4v) is 3.06. The molecule has 0 aliphatic carbocycles. The van der Waals surface area contributed by atoms with Gasteiger partial charge in [-0.1, -0.05) is 12.1 Å². The second-order valence-corrected chi connectivity index (χ2v) is 6.60. The van der Waals surface area contributed by atoms with Crippen molar-refractivity contribution in [3.05, 3.63) is 78.1 Å². The van der Waals surface area contributed by atoms with Crippen molar-refractivity contribution in [1.82, 2.24) is 4.98 Å². The van der Waals surface area contributed by atoms with E-state index in [4.69, 9.17) is 0 Å². The summed E-state index contributed by atoms with van der Waals surface area (Å²) in [5.41, 5.74) is 5.20. The van der Waals surface area contributed by atoms with Crippen molar-refractivity contribution in [2.75, 3.05) is 28.6 Å². The fourth-order valence-electron chi connectivity index (χ4n) is 3.06. The van der Waals surface area contributed by atoms with Gasteiger partial charge in [0.05, 0.1) is 0 Å². The second kappa shape index (κ2) is 9.04. The van der Waals surface area contributed by atoms with E-state index in [1.165, 1.54) is 5.69 Å². The molecular formula is C23H26N4O. The van der Waals surface area contributed by atoms with Crippen LogP contribution < -0.4 is 15.5 Å². The van der Waals surface area contributed by atoms with Crippen LogP contribution in [0.3, 0.4) is 0 Å². The minimum Gasteiger partial charge on any atom is -0.372 e. The highest BCUT2D eigenvalue weighted by Gasteiger charge is 2.09. The number of rotatable bonds is 7. The number of nitrogens with one attached hydrogen (secondary N) is 2. The summed E-state index contributed by atoms with van der Waals surface area (Å²) >= 11 is 0. The van der Waals surface area contributed by atoms with Gasteiger partial charge in [-0.05, 0) is 74.9 Å². The minimum absolute atomic E-state index is 0.230. The number of nitrogens with zero attached hydrogens (tertiary/aromatic N) is 2. The van der Waals surface area contributed by atoms with E-state index in [2.05, 4.69) is 46.5 Å². The molecule has 0 spiro atoms. The number of hydrogen-bond acceptors (Lipinski definition) is 4. The topological polar surface area (TPSA) is 57.3 Å². The number of benzene rings is 2. The van der Waals surface area contributed by atoms with E-state index in [-0.39, 0.29) is 5.91 Å². The predicted octanol–water partition coefficient (Wildman–Crippen LogP) is 5.23. The maximum atomic E-state index is 12.5. The molecule has 0 bridgehead atoms. The normalized spacial score (nSPS) is 10.4. The highest BCUT2D eigenvalue weighted by molar-refractivity contribution is 6.03. The molecule has 0 fully saturated rings. The lowest BCUT2D eigenvalue weighted by molar-refractivity contribution is 0.102. The van der Waals surface area contributed by atoms with Gasteiger partial charge >= 0.3 is 0 Å². The Kier molecular flexibility index (Phi) is 6.27. The first-order valence-corrected chi connectivity index (χ1v) is 9.55. The van der Waals surface area contributed by atoms with Crippen molar-refractivity contribution >= 4 is 28.7 Å².